The van der Waals surface area contributed by atoms with E-state index in [4.69, 9.17) is 5.73 Å². The molecule has 0 aliphatic rings. The molecule has 0 radical (unpaired) electrons. The number of anilines is 1. The fourth-order valence-corrected chi connectivity index (χ4v) is 1.99. The van der Waals surface area contributed by atoms with Crippen LogP contribution in [-0.2, 0) is 0 Å². The van der Waals surface area contributed by atoms with Crippen LogP contribution in [0.5, 0.6) is 0 Å². The van der Waals surface area contributed by atoms with Crippen LogP contribution in [0.1, 0.15) is 23.7 Å². The minimum absolute atomic E-state index is 0.118. The summed E-state index contributed by atoms with van der Waals surface area (Å²) in [6.07, 6.45) is 4.82. The van der Waals surface area contributed by atoms with Crippen molar-refractivity contribution in [1.82, 2.24) is 5.32 Å². The number of hydrogen-bond donors (Lipinski definition) is 2. The number of nitrogen functional groups attached to an aromatic ring is 1. The van der Waals surface area contributed by atoms with Crippen LogP contribution in [-0.4, -0.2) is 12.5 Å². The summed E-state index contributed by atoms with van der Waals surface area (Å²) in [6, 6.07) is 11.6. The molecule has 0 saturated carbocycles. The van der Waals surface area contributed by atoms with Gasteiger partial charge in [0.2, 0.25) is 0 Å². The van der Waals surface area contributed by atoms with Crippen molar-refractivity contribution in [2.24, 2.45) is 0 Å². The average molecular weight is 254 g/mol. The van der Waals surface area contributed by atoms with Gasteiger partial charge in [0.15, 0.2) is 0 Å². The van der Waals surface area contributed by atoms with Gasteiger partial charge in [0.05, 0.1) is 5.56 Å². The topological polar surface area (TPSA) is 55.1 Å². The van der Waals surface area contributed by atoms with Crippen molar-refractivity contribution >= 4 is 22.4 Å². The molecule has 3 nitrogen and oxygen atoms in total. The van der Waals surface area contributed by atoms with Gasteiger partial charge in [-0.05, 0) is 36.2 Å². The number of nitrogens with one attached hydrogen (secondary N) is 1. The molecule has 0 saturated heterocycles. The highest BCUT2D eigenvalue weighted by molar-refractivity contribution is 6.03. The van der Waals surface area contributed by atoms with Crippen LogP contribution < -0.4 is 11.1 Å². The molecule has 0 unspecified atom stereocenters. The van der Waals surface area contributed by atoms with E-state index in [2.05, 4.69) is 5.32 Å². The molecule has 0 fully saturated rings. The molecule has 3 heteroatoms. The molecule has 0 aromatic heterocycles. The Kier molecular flexibility index (Phi) is 4.18. The van der Waals surface area contributed by atoms with E-state index in [-0.39, 0.29) is 5.91 Å². The molecule has 0 aliphatic carbocycles. The van der Waals surface area contributed by atoms with Gasteiger partial charge in [-0.3, -0.25) is 4.79 Å². The third kappa shape index (κ3) is 3.13. The van der Waals surface area contributed by atoms with Gasteiger partial charge in [-0.2, -0.15) is 0 Å². The van der Waals surface area contributed by atoms with E-state index in [1.165, 1.54) is 0 Å². The van der Waals surface area contributed by atoms with Crippen molar-refractivity contribution in [3.8, 4) is 0 Å². The molecule has 0 atom stereocenters. The van der Waals surface area contributed by atoms with E-state index in [1.807, 2.05) is 55.5 Å². The van der Waals surface area contributed by atoms with Crippen LogP contribution in [0.2, 0.25) is 0 Å². The Hall–Kier alpha value is -2.29. The molecule has 2 aromatic carbocycles. The second-order valence-corrected chi connectivity index (χ2v) is 4.40. The molecule has 98 valence electrons. The first-order valence-corrected chi connectivity index (χ1v) is 6.40. The zero-order valence-corrected chi connectivity index (χ0v) is 11.0. The molecule has 0 spiro atoms. The first-order valence-electron chi connectivity index (χ1n) is 6.40. The maximum absolute atomic E-state index is 12.1. The molecule has 0 aliphatic heterocycles. The first-order chi connectivity index (χ1) is 9.22. The monoisotopic (exact) mass is 254 g/mol. The van der Waals surface area contributed by atoms with Gasteiger partial charge in [-0.25, -0.2) is 0 Å². The van der Waals surface area contributed by atoms with Crippen molar-refractivity contribution in [3.05, 3.63) is 54.1 Å². The van der Waals surface area contributed by atoms with Crippen molar-refractivity contribution in [1.29, 1.82) is 0 Å². The number of allylic oxidation sites excluding steroid dienone is 1. The Morgan fingerprint density at radius 2 is 1.95 bits per heavy atom. The van der Waals surface area contributed by atoms with Gasteiger partial charge < -0.3 is 11.1 Å². The molecule has 0 bridgehead atoms. The molecular weight excluding hydrogens is 236 g/mol. The Morgan fingerprint density at radius 1 is 1.26 bits per heavy atom. The van der Waals surface area contributed by atoms with E-state index in [1.54, 1.807) is 0 Å². The Morgan fingerprint density at radius 3 is 2.63 bits per heavy atom. The van der Waals surface area contributed by atoms with E-state index in [0.29, 0.717) is 17.8 Å². The van der Waals surface area contributed by atoms with Crippen LogP contribution in [0.4, 0.5) is 5.69 Å². The van der Waals surface area contributed by atoms with Crippen LogP contribution in [0.25, 0.3) is 10.8 Å². The molecule has 0 heterocycles. The summed E-state index contributed by atoms with van der Waals surface area (Å²) < 4.78 is 0. The Balaban J connectivity index is 2.19. The van der Waals surface area contributed by atoms with Crippen LogP contribution in [0.3, 0.4) is 0 Å². The van der Waals surface area contributed by atoms with Gasteiger partial charge in [0.1, 0.15) is 0 Å². The second kappa shape index (κ2) is 6.05. The van der Waals surface area contributed by atoms with Gasteiger partial charge in [0, 0.05) is 12.2 Å². The van der Waals surface area contributed by atoms with Crippen LogP contribution >= 0.6 is 0 Å². The molecular formula is C16H18N2O. The maximum Gasteiger partial charge on any atom is 0.253 e. The summed E-state index contributed by atoms with van der Waals surface area (Å²) in [4.78, 5) is 12.1. The summed E-state index contributed by atoms with van der Waals surface area (Å²) in [7, 11) is 0. The number of hydrogen-bond acceptors (Lipinski definition) is 2. The fourth-order valence-electron chi connectivity index (χ4n) is 1.99. The van der Waals surface area contributed by atoms with E-state index >= 15 is 0 Å². The van der Waals surface area contributed by atoms with Crippen molar-refractivity contribution in [3.63, 3.8) is 0 Å². The Bertz CT molecular complexity index is 617. The minimum Gasteiger partial charge on any atom is -0.398 e. The quantitative estimate of drug-likeness (QED) is 0.500. The maximum atomic E-state index is 12.1. The fraction of sp³-hybridized carbons (Fsp3) is 0.188. The lowest BCUT2D eigenvalue weighted by Gasteiger charge is -2.08. The SMILES string of the molecule is C/C=C/CCNC(=O)c1cc2ccccc2cc1N. The average Bonchev–Trinajstić information content (AvgIpc) is 2.42. The predicted molar refractivity (Wildman–Crippen MR) is 80.1 cm³/mol. The number of carbonyl (C=O) groups excluding carboxylic acids is 1. The molecule has 2 rings (SSSR count). The number of amides is 1. The molecule has 3 N–H and O–H groups in total. The summed E-state index contributed by atoms with van der Waals surface area (Å²) in [6.45, 7) is 2.58. The second-order valence-electron chi connectivity index (χ2n) is 4.40. The lowest BCUT2D eigenvalue weighted by molar-refractivity contribution is 0.0955. The van der Waals surface area contributed by atoms with E-state index < -0.39 is 0 Å². The highest BCUT2D eigenvalue weighted by Gasteiger charge is 2.09. The van der Waals surface area contributed by atoms with Crippen molar-refractivity contribution in [2.45, 2.75) is 13.3 Å². The minimum atomic E-state index is -0.118. The summed E-state index contributed by atoms with van der Waals surface area (Å²) in [5.74, 6) is -0.118. The standard InChI is InChI=1S/C16H18N2O/c1-2-3-6-9-18-16(19)14-10-12-7-4-5-8-13(12)11-15(14)17/h2-5,7-8,10-11H,6,9,17H2,1H3,(H,18,19)/b3-2+. The number of benzene rings is 2. The smallest absolute Gasteiger partial charge is 0.253 e. The number of fused-ring (bicyclic) bond motifs is 1. The third-order valence-corrected chi connectivity index (χ3v) is 2.99. The van der Waals surface area contributed by atoms with Gasteiger partial charge in [0.25, 0.3) is 5.91 Å². The number of nitrogens with two attached hydrogens (primary N) is 1. The van der Waals surface area contributed by atoms with Gasteiger partial charge in [-0.15, -0.1) is 0 Å². The first kappa shape index (κ1) is 13.1. The summed E-state index contributed by atoms with van der Waals surface area (Å²) in [5, 5.41) is 4.94. The third-order valence-electron chi connectivity index (χ3n) is 2.99. The lowest BCUT2D eigenvalue weighted by atomic mass is 10.0. The van der Waals surface area contributed by atoms with Crippen molar-refractivity contribution < 1.29 is 4.79 Å². The molecule has 1 amide bonds. The summed E-state index contributed by atoms with van der Waals surface area (Å²) >= 11 is 0. The highest BCUT2D eigenvalue weighted by Crippen LogP contribution is 2.21. The van der Waals surface area contributed by atoms with E-state index in [0.717, 1.165) is 17.2 Å². The number of rotatable bonds is 4. The Labute approximate surface area is 113 Å². The van der Waals surface area contributed by atoms with E-state index in [9.17, 15) is 4.79 Å². The van der Waals surface area contributed by atoms with Gasteiger partial charge in [-0.1, -0.05) is 36.4 Å². The summed E-state index contributed by atoms with van der Waals surface area (Å²) in [5.41, 5.74) is 7.00. The normalized spacial score (nSPS) is 11.0. The highest BCUT2D eigenvalue weighted by atomic mass is 16.1. The zero-order valence-electron chi connectivity index (χ0n) is 11.0. The van der Waals surface area contributed by atoms with Crippen LogP contribution in [0.15, 0.2) is 48.6 Å². The lowest BCUT2D eigenvalue weighted by Crippen LogP contribution is -2.25. The van der Waals surface area contributed by atoms with Gasteiger partial charge >= 0.3 is 0 Å². The largest absolute Gasteiger partial charge is 0.398 e. The molecule has 2 aromatic rings. The molecule has 19 heavy (non-hydrogen) atoms. The van der Waals surface area contributed by atoms with Crippen molar-refractivity contribution in [2.75, 3.05) is 12.3 Å². The zero-order chi connectivity index (χ0) is 13.7. The number of carbonyl (C=O) groups is 1. The predicted octanol–water partition coefficient (Wildman–Crippen LogP) is 3.12. The van der Waals surface area contributed by atoms with Crippen LogP contribution in [0, 0.1) is 0 Å².